The molecule has 2 aromatic rings. The standard InChI is InChI=1S/C20H20F3NO3/c1-19(2)10-14-9-13(5-8-16(14)17(19)27-18(24)25)12-3-6-15(7-4-12)26-11-20(21,22)23/h3-9,17H,10-11H2,1-2H3,(H2,24,25). The van der Waals surface area contributed by atoms with E-state index in [0.29, 0.717) is 0 Å². The lowest BCUT2D eigenvalue weighted by Crippen LogP contribution is -2.25. The average Bonchev–Trinajstić information content (AvgIpc) is 2.82. The zero-order chi connectivity index (χ0) is 19.8. The Labute approximate surface area is 155 Å². The number of alkyl halides is 3. The summed E-state index contributed by atoms with van der Waals surface area (Å²) in [6.45, 7) is 2.70. The summed E-state index contributed by atoms with van der Waals surface area (Å²) in [5.41, 5.74) is 8.68. The number of hydrogen-bond acceptors (Lipinski definition) is 3. The van der Waals surface area contributed by atoms with Crippen LogP contribution >= 0.6 is 0 Å². The highest BCUT2D eigenvalue weighted by atomic mass is 19.4. The average molecular weight is 379 g/mol. The molecule has 1 aliphatic rings. The number of fused-ring (bicyclic) bond motifs is 1. The van der Waals surface area contributed by atoms with Gasteiger partial charge in [0.15, 0.2) is 6.61 Å². The number of carbonyl (C=O) groups excluding carboxylic acids is 1. The molecule has 0 spiro atoms. The molecule has 4 nitrogen and oxygen atoms in total. The maximum absolute atomic E-state index is 12.2. The van der Waals surface area contributed by atoms with E-state index in [9.17, 15) is 18.0 Å². The van der Waals surface area contributed by atoms with Crippen molar-refractivity contribution in [3.63, 3.8) is 0 Å². The van der Waals surface area contributed by atoms with Crippen molar-refractivity contribution >= 4 is 6.09 Å². The topological polar surface area (TPSA) is 61.6 Å². The maximum atomic E-state index is 12.2. The maximum Gasteiger partial charge on any atom is 0.422 e. The monoisotopic (exact) mass is 379 g/mol. The third-order valence-corrected chi connectivity index (χ3v) is 4.61. The SMILES string of the molecule is CC1(C)Cc2cc(-c3ccc(OCC(F)(F)F)cc3)ccc2C1OC(N)=O. The molecule has 2 aromatic carbocycles. The summed E-state index contributed by atoms with van der Waals surface area (Å²) < 4.78 is 46.7. The number of primary amides is 1. The molecule has 144 valence electrons. The molecule has 27 heavy (non-hydrogen) atoms. The summed E-state index contributed by atoms with van der Waals surface area (Å²) in [7, 11) is 0. The molecule has 0 fully saturated rings. The van der Waals surface area contributed by atoms with Crippen LogP contribution in [0.5, 0.6) is 5.75 Å². The Morgan fingerprint density at radius 1 is 1.15 bits per heavy atom. The molecular formula is C20H20F3NO3. The van der Waals surface area contributed by atoms with Gasteiger partial charge in [-0.05, 0) is 40.8 Å². The molecular weight excluding hydrogens is 359 g/mol. The fourth-order valence-electron chi connectivity index (χ4n) is 3.45. The van der Waals surface area contributed by atoms with Gasteiger partial charge in [-0.1, -0.05) is 44.2 Å². The fraction of sp³-hybridized carbons (Fsp3) is 0.350. The lowest BCUT2D eigenvalue weighted by molar-refractivity contribution is -0.153. The first kappa shape index (κ1) is 19.1. The second kappa shape index (κ2) is 6.79. The molecule has 0 aliphatic heterocycles. The third-order valence-electron chi connectivity index (χ3n) is 4.61. The number of halogens is 3. The van der Waals surface area contributed by atoms with E-state index in [4.69, 9.17) is 15.2 Å². The van der Waals surface area contributed by atoms with Crippen molar-refractivity contribution in [1.82, 2.24) is 0 Å². The second-order valence-electron chi connectivity index (χ2n) is 7.32. The van der Waals surface area contributed by atoms with Crippen LogP contribution in [0.2, 0.25) is 0 Å². The molecule has 1 unspecified atom stereocenters. The summed E-state index contributed by atoms with van der Waals surface area (Å²) in [6, 6.07) is 12.3. The lowest BCUT2D eigenvalue weighted by atomic mass is 9.87. The Kier molecular flexibility index (Phi) is 4.80. The van der Waals surface area contributed by atoms with Gasteiger partial charge in [-0.3, -0.25) is 0 Å². The molecule has 7 heteroatoms. The van der Waals surface area contributed by atoms with Crippen LogP contribution in [0.3, 0.4) is 0 Å². The highest BCUT2D eigenvalue weighted by Crippen LogP contribution is 2.48. The lowest BCUT2D eigenvalue weighted by Gasteiger charge is -2.26. The van der Waals surface area contributed by atoms with Crippen LogP contribution < -0.4 is 10.5 Å². The van der Waals surface area contributed by atoms with Gasteiger partial charge in [-0.15, -0.1) is 0 Å². The van der Waals surface area contributed by atoms with E-state index in [1.807, 2.05) is 32.0 Å². The molecule has 0 heterocycles. The molecule has 0 bridgehead atoms. The minimum absolute atomic E-state index is 0.160. The summed E-state index contributed by atoms with van der Waals surface area (Å²) >= 11 is 0. The van der Waals surface area contributed by atoms with Gasteiger partial charge in [0.25, 0.3) is 0 Å². The zero-order valence-electron chi connectivity index (χ0n) is 15.0. The van der Waals surface area contributed by atoms with Gasteiger partial charge in [0.2, 0.25) is 0 Å². The minimum atomic E-state index is -4.37. The normalized spacial score (nSPS) is 18.0. The van der Waals surface area contributed by atoms with Gasteiger partial charge in [-0.25, -0.2) is 4.79 Å². The first-order valence-corrected chi connectivity index (χ1v) is 8.44. The number of nitrogens with two attached hydrogens (primary N) is 1. The molecule has 0 saturated carbocycles. The molecule has 0 radical (unpaired) electrons. The smallest absolute Gasteiger partial charge is 0.422 e. The fourth-order valence-corrected chi connectivity index (χ4v) is 3.45. The summed E-state index contributed by atoms with van der Waals surface area (Å²) in [6.07, 6.45) is -4.85. The van der Waals surface area contributed by atoms with Crippen molar-refractivity contribution in [2.24, 2.45) is 11.1 Å². The van der Waals surface area contributed by atoms with Crippen LogP contribution in [0.15, 0.2) is 42.5 Å². The van der Waals surface area contributed by atoms with Crippen molar-refractivity contribution in [3.8, 4) is 16.9 Å². The van der Waals surface area contributed by atoms with Gasteiger partial charge in [0, 0.05) is 5.41 Å². The predicted molar refractivity (Wildman–Crippen MR) is 94.3 cm³/mol. The van der Waals surface area contributed by atoms with E-state index < -0.39 is 25.0 Å². The van der Waals surface area contributed by atoms with Gasteiger partial charge < -0.3 is 15.2 Å². The predicted octanol–water partition coefficient (Wildman–Crippen LogP) is 5.01. The number of rotatable bonds is 4. The van der Waals surface area contributed by atoms with Crippen LogP contribution in [0, 0.1) is 5.41 Å². The Balaban J connectivity index is 1.81. The zero-order valence-corrected chi connectivity index (χ0v) is 15.0. The van der Waals surface area contributed by atoms with Crippen LogP contribution in [-0.4, -0.2) is 18.9 Å². The van der Waals surface area contributed by atoms with E-state index in [1.165, 1.54) is 12.1 Å². The van der Waals surface area contributed by atoms with E-state index >= 15 is 0 Å². The number of hydrogen-bond donors (Lipinski definition) is 1. The summed E-state index contributed by atoms with van der Waals surface area (Å²) in [4.78, 5) is 11.2. The van der Waals surface area contributed by atoms with Crippen LogP contribution in [0.1, 0.15) is 31.1 Å². The van der Waals surface area contributed by atoms with Crippen molar-refractivity contribution in [2.45, 2.75) is 32.5 Å². The molecule has 2 N–H and O–H groups in total. The first-order chi connectivity index (χ1) is 12.5. The van der Waals surface area contributed by atoms with E-state index in [-0.39, 0.29) is 11.2 Å². The van der Waals surface area contributed by atoms with Crippen molar-refractivity contribution in [2.75, 3.05) is 6.61 Å². The Bertz CT molecular complexity index is 845. The van der Waals surface area contributed by atoms with Crippen molar-refractivity contribution in [3.05, 3.63) is 53.6 Å². The Morgan fingerprint density at radius 2 is 1.78 bits per heavy atom. The van der Waals surface area contributed by atoms with Gasteiger partial charge >= 0.3 is 12.3 Å². The number of benzene rings is 2. The first-order valence-electron chi connectivity index (χ1n) is 8.44. The molecule has 0 aromatic heterocycles. The van der Waals surface area contributed by atoms with Gasteiger partial charge in [0.1, 0.15) is 11.9 Å². The van der Waals surface area contributed by atoms with Crippen LogP contribution in [-0.2, 0) is 11.2 Å². The second-order valence-corrected chi connectivity index (χ2v) is 7.32. The van der Waals surface area contributed by atoms with Crippen molar-refractivity contribution < 1.29 is 27.4 Å². The number of ether oxygens (including phenoxy) is 2. The van der Waals surface area contributed by atoms with E-state index in [1.54, 1.807) is 12.1 Å². The molecule has 1 aliphatic carbocycles. The largest absolute Gasteiger partial charge is 0.484 e. The van der Waals surface area contributed by atoms with Crippen molar-refractivity contribution in [1.29, 1.82) is 0 Å². The van der Waals surface area contributed by atoms with Gasteiger partial charge in [0.05, 0.1) is 0 Å². The Hall–Kier alpha value is -2.70. The van der Waals surface area contributed by atoms with Crippen LogP contribution in [0.25, 0.3) is 11.1 Å². The third kappa shape index (κ3) is 4.35. The summed E-state index contributed by atoms with van der Waals surface area (Å²) in [5.74, 6) is 0.160. The van der Waals surface area contributed by atoms with E-state index in [2.05, 4.69) is 0 Å². The van der Waals surface area contributed by atoms with E-state index in [0.717, 1.165) is 28.7 Å². The highest BCUT2D eigenvalue weighted by molar-refractivity contribution is 5.68. The van der Waals surface area contributed by atoms with Crippen LogP contribution in [0.4, 0.5) is 18.0 Å². The summed E-state index contributed by atoms with van der Waals surface area (Å²) in [5, 5.41) is 0. The Morgan fingerprint density at radius 3 is 2.37 bits per heavy atom. The molecule has 3 rings (SSSR count). The number of carbonyl (C=O) groups is 1. The highest BCUT2D eigenvalue weighted by Gasteiger charge is 2.41. The molecule has 1 amide bonds. The molecule has 1 atom stereocenters. The number of amides is 1. The minimum Gasteiger partial charge on any atom is -0.484 e. The molecule has 0 saturated heterocycles. The van der Waals surface area contributed by atoms with Gasteiger partial charge in [-0.2, -0.15) is 13.2 Å². The quantitative estimate of drug-likeness (QED) is 0.812.